The van der Waals surface area contributed by atoms with E-state index in [0.29, 0.717) is 54.2 Å². The number of benzene rings is 3. The van der Waals surface area contributed by atoms with Gasteiger partial charge in [-0.1, -0.05) is 59.6 Å². The van der Waals surface area contributed by atoms with Crippen molar-refractivity contribution in [3.05, 3.63) is 87.9 Å². The van der Waals surface area contributed by atoms with Crippen molar-refractivity contribution in [3.8, 4) is 11.1 Å². The Morgan fingerprint density at radius 1 is 0.897 bits per heavy atom. The molecule has 0 N–H and O–H groups in total. The number of halogens is 5. The number of carbonyl (C=O) groups is 1. The second-order valence-electron chi connectivity index (χ2n) is 9.30. The van der Waals surface area contributed by atoms with Crippen LogP contribution in [-0.2, 0) is 27.0 Å². The molecule has 2 aliphatic heterocycles. The number of carbonyl (C=O) groups excluding carboxylic acids is 3. The Bertz CT molecular complexity index is 1370. The van der Waals surface area contributed by atoms with Crippen molar-refractivity contribution < 1.29 is 32.3 Å². The highest BCUT2D eigenvalue weighted by Gasteiger charge is 2.47. The smallest absolute Gasteiger partial charge is 0.417 e. The standard InChI is InChI=1S/C27H23Cl2F3N2O2.CO2/c28-23-9-5-4-8-20(23)21-15-24(29)22(27(30,31)32)14-18(21)16-33-12-10-26(11-13-33)17-34(25(35)36-26)19-6-2-1-3-7-19;2-1-3/h1-9,14-15H,10-13,16-17H2;. The number of anilines is 1. The second-order valence-corrected chi connectivity index (χ2v) is 10.1. The van der Waals surface area contributed by atoms with Gasteiger partial charge in [0.1, 0.15) is 5.60 Å². The topological polar surface area (TPSA) is 66.9 Å². The van der Waals surface area contributed by atoms with E-state index in [9.17, 15) is 18.0 Å². The van der Waals surface area contributed by atoms with Crippen LogP contribution in [0.2, 0.25) is 10.0 Å². The minimum atomic E-state index is -4.57. The van der Waals surface area contributed by atoms with Gasteiger partial charge >= 0.3 is 18.4 Å². The molecule has 39 heavy (non-hydrogen) atoms. The van der Waals surface area contributed by atoms with E-state index in [1.54, 1.807) is 29.2 Å². The van der Waals surface area contributed by atoms with E-state index in [2.05, 4.69) is 4.90 Å². The highest BCUT2D eigenvalue weighted by atomic mass is 35.5. The summed E-state index contributed by atoms with van der Waals surface area (Å²) >= 11 is 12.4. The molecule has 1 spiro atoms. The van der Waals surface area contributed by atoms with E-state index in [4.69, 9.17) is 37.5 Å². The summed E-state index contributed by atoms with van der Waals surface area (Å²) in [5.74, 6) is 0. The molecule has 11 heteroatoms. The number of alkyl halides is 3. The summed E-state index contributed by atoms with van der Waals surface area (Å²) in [6, 6.07) is 18.8. The van der Waals surface area contributed by atoms with Gasteiger partial charge in [-0.3, -0.25) is 9.80 Å². The van der Waals surface area contributed by atoms with Crippen molar-refractivity contribution in [2.45, 2.75) is 31.2 Å². The van der Waals surface area contributed by atoms with Crippen LogP contribution in [0, 0.1) is 0 Å². The maximum Gasteiger partial charge on any atom is 0.417 e. The molecule has 3 aromatic rings. The minimum absolute atomic E-state index is 0.250. The molecular weight excluding hydrogens is 556 g/mol. The molecule has 2 heterocycles. The first-order valence-corrected chi connectivity index (χ1v) is 12.7. The van der Waals surface area contributed by atoms with E-state index in [1.807, 2.05) is 30.3 Å². The monoisotopic (exact) mass is 578 g/mol. The molecule has 2 aliphatic rings. The van der Waals surface area contributed by atoms with E-state index in [0.717, 1.165) is 11.8 Å². The molecule has 3 aromatic carbocycles. The van der Waals surface area contributed by atoms with Crippen molar-refractivity contribution in [3.63, 3.8) is 0 Å². The predicted molar refractivity (Wildman–Crippen MR) is 139 cm³/mol. The van der Waals surface area contributed by atoms with E-state index < -0.39 is 17.3 Å². The zero-order valence-electron chi connectivity index (χ0n) is 20.5. The Morgan fingerprint density at radius 3 is 2.13 bits per heavy atom. The fraction of sp³-hybridized carbons (Fsp3) is 0.286. The summed E-state index contributed by atoms with van der Waals surface area (Å²) < 4.78 is 46.8. The minimum Gasteiger partial charge on any atom is -0.441 e. The van der Waals surface area contributed by atoms with Crippen LogP contribution >= 0.6 is 23.2 Å². The quantitative estimate of drug-likeness (QED) is 0.330. The predicted octanol–water partition coefficient (Wildman–Crippen LogP) is 7.09. The lowest BCUT2D eigenvalue weighted by Gasteiger charge is -2.37. The number of nitrogens with zero attached hydrogens (tertiary/aromatic N) is 2. The van der Waals surface area contributed by atoms with Crippen LogP contribution in [0.3, 0.4) is 0 Å². The number of hydrogen-bond donors (Lipinski definition) is 0. The summed E-state index contributed by atoms with van der Waals surface area (Å²) in [4.78, 5) is 32.5. The van der Waals surface area contributed by atoms with Gasteiger partial charge in [0.25, 0.3) is 0 Å². The van der Waals surface area contributed by atoms with Crippen LogP contribution in [0.25, 0.3) is 11.1 Å². The number of rotatable bonds is 4. The van der Waals surface area contributed by atoms with Gasteiger partial charge < -0.3 is 4.74 Å². The molecule has 1 amide bonds. The zero-order chi connectivity index (χ0) is 28.2. The number of para-hydroxylation sites is 1. The molecule has 6 nitrogen and oxygen atoms in total. The van der Waals surface area contributed by atoms with Gasteiger partial charge in [-0.25, -0.2) is 4.79 Å². The molecule has 0 bridgehead atoms. The third-order valence-corrected chi connectivity index (χ3v) is 7.50. The highest BCUT2D eigenvalue weighted by molar-refractivity contribution is 6.34. The Labute approximate surface area is 232 Å². The van der Waals surface area contributed by atoms with Crippen LogP contribution in [-0.4, -0.2) is 42.4 Å². The molecule has 5 rings (SSSR count). The Kier molecular flexibility index (Phi) is 8.67. The van der Waals surface area contributed by atoms with Crippen LogP contribution in [0.5, 0.6) is 0 Å². The average Bonchev–Trinajstić information content (AvgIpc) is 3.22. The largest absolute Gasteiger partial charge is 0.441 e. The number of likely N-dealkylation sites (tertiary alicyclic amines) is 1. The van der Waals surface area contributed by atoms with Crippen molar-refractivity contribution >= 4 is 41.1 Å². The normalized spacial score (nSPS) is 16.8. The molecule has 2 saturated heterocycles. The molecule has 204 valence electrons. The zero-order valence-corrected chi connectivity index (χ0v) is 22.0. The van der Waals surface area contributed by atoms with Gasteiger partial charge in [0.05, 0.1) is 17.1 Å². The molecule has 0 aliphatic carbocycles. The van der Waals surface area contributed by atoms with E-state index >= 15 is 0 Å². The first-order valence-electron chi connectivity index (χ1n) is 12.0. The molecular formula is C28H23Cl2F3N2O4. The SMILES string of the molecule is O=C1OC2(CCN(Cc3cc(C(F)(F)F)c(Cl)cc3-c3ccccc3Cl)CC2)CN1c1ccccc1.O=C=O. The fourth-order valence-corrected chi connectivity index (χ4v) is 5.45. The molecule has 0 atom stereocenters. The van der Waals surface area contributed by atoms with Crippen LogP contribution in [0.1, 0.15) is 24.0 Å². The Balaban J connectivity index is 0.00000112. The first kappa shape index (κ1) is 28.6. The third kappa shape index (κ3) is 6.45. The van der Waals surface area contributed by atoms with Gasteiger partial charge in [0, 0.05) is 48.7 Å². The molecule has 2 fully saturated rings. The van der Waals surface area contributed by atoms with Gasteiger partial charge in [-0.15, -0.1) is 0 Å². The third-order valence-electron chi connectivity index (χ3n) is 6.86. The number of hydrogen-bond acceptors (Lipinski definition) is 5. The maximum atomic E-state index is 13.7. The lowest BCUT2D eigenvalue weighted by Crippen LogP contribution is -2.46. The van der Waals surface area contributed by atoms with E-state index in [1.165, 1.54) is 6.07 Å². The van der Waals surface area contributed by atoms with Gasteiger partial charge in [0.15, 0.2) is 0 Å². The summed E-state index contributed by atoms with van der Waals surface area (Å²) in [6.07, 6.45) is -3.52. The molecule has 0 unspecified atom stereocenters. The highest BCUT2D eigenvalue weighted by Crippen LogP contribution is 2.42. The molecule has 0 aromatic heterocycles. The maximum absolute atomic E-state index is 13.7. The number of ether oxygens (including phenoxy) is 1. The average molecular weight is 579 g/mol. The van der Waals surface area contributed by atoms with E-state index in [-0.39, 0.29) is 23.8 Å². The fourth-order valence-electron chi connectivity index (χ4n) is 4.95. The lowest BCUT2D eigenvalue weighted by atomic mass is 9.90. The summed E-state index contributed by atoms with van der Waals surface area (Å²) in [5, 5.41) is 0.0729. The van der Waals surface area contributed by atoms with Gasteiger partial charge in [0.2, 0.25) is 0 Å². The van der Waals surface area contributed by atoms with Crippen LogP contribution in [0.15, 0.2) is 66.7 Å². The van der Waals surface area contributed by atoms with Gasteiger partial charge in [-0.2, -0.15) is 22.8 Å². The van der Waals surface area contributed by atoms with Crippen molar-refractivity contribution in [1.29, 1.82) is 0 Å². The van der Waals surface area contributed by atoms with Crippen molar-refractivity contribution in [2.24, 2.45) is 0 Å². The summed E-state index contributed by atoms with van der Waals surface area (Å²) in [7, 11) is 0. The lowest BCUT2D eigenvalue weighted by molar-refractivity contribution is -0.191. The summed E-state index contributed by atoms with van der Waals surface area (Å²) in [5.41, 5.74) is 0.998. The molecule has 0 saturated carbocycles. The first-order chi connectivity index (χ1) is 18.6. The Morgan fingerprint density at radius 2 is 1.51 bits per heavy atom. The van der Waals surface area contributed by atoms with Crippen LogP contribution in [0.4, 0.5) is 23.7 Å². The number of piperidine rings is 1. The molecule has 0 radical (unpaired) electrons. The Hall–Kier alpha value is -3.36. The summed E-state index contributed by atoms with van der Waals surface area (Å²) in [6.45, 7) is 1.88. The van der Waals surface area contributed by atoms with Crippen LogP contribution < -0.4 is 4.90 Å². The van der Waals surface area contributed by atoms with Crippen molar-refractivity contribution in [1.82, 2.24) is 4.90 Å². The van der Waals surface area contributed by atoms with Crippen molar-refractivity contribution in [2.75, 3.05) is 24.5 Å². The second kappa shape index (κ2) is 11.8. The number of amides is 1. The van der Waals surface area contributed by atoms with Gasteiger partial charge in [-0.05, 0) is 41.5 Å².